The Morgan fingerprint density at radius 1 is 1.73 bits per heavy atom. The van der Waals surface area contributed by atoms with Gasteiger partial charge in [-0.05, 0) is 13.8 Å². The molecule has 2 nitrogen and oxygen atoms in total. The molecule has 1 atom stereocenters. The molecule has 0 spiro atoms. The van der Waals surface area contributed by atoms with Gasteiger partial charge in [0.25, 0.3) is 0 Å². The summed E-state index contributed by atoms with van der Waals surface area (Å²) in [6, 6.07) is 0. The molecule has 0 saturated carbocycles. The van der Waals surface area contributed by atoms with Gasteiger partial charge in [0.2, 0.25) is 0 Å². The Balaban J connectivity index is 3.05. The van der Waals surface area contributed by atoms with Crippen LogP contribution in [-0.4, -0.2) is 9.78 Å². The molecule has 1 aromatic heterocycles. The van der Waals surface area contributed by atoms with E-state index in [1.807, 2.05) is 27.1 Å². The second kappa shape index (κ2) is 2.79. The third-order valence-electron chi connectivity index (χ3n) is 1.77. The summed E-state index contributed by atoms with van der Waals surface area (Å²) >= 11 is 0. The quantitative estimate of drug-likeness (QED) is 0.551. The van der Waals surface area contributed by atoms with Gasteiger partial charge in [-0.25, -0.2) is 0 Å². The molecule has 58 valence electrons. The van der Waals surface area contributed by atoms with Gasteiger partial charge in [0.05, 0.1) is 5.69 Å². The largest absolute Gasteiger partial charge is 0.275 e. The van der Waals surface area contributed by atoms with E-state index in [0.717, 1.165) is 11.3 Å². The summed E-state index contributed by atoms with van der Waals surface area (Å²) in [7, 11) is 1.90. The van der Waals surface area contributed by atoms with Crippen LogP contribution in [0.3, 0.4) is 0 Å². The monoisotopic (exact) mass is 148 g/mol. The molecule has 1 heterocycles. The molecule has 0 N–H and O–H groups in total. The number of rotatable bonds is 1. The summed E-state index contributed by atoms with van der Waals surface area (Å²) in [5.74, 6) is 2.85. The highest BCUT2D eigenvalue weighted by molar-refractivity contribution is 5.26. The number of aryl methyl sites for hydroxylation is 2. The average molecular weight is 148 g/mol. The highest BCUT2D eigenvalue weighted by Gasteiger charge is 2.07. The summed E-state index contributed by atoms with van der Waals surface area (Å²) in [5.41, 5.74) is 2.17. The van der Waals surface area contributed by atoms with E-state index in [1.54, 1.807) is 4.68 Å². The van der Waals surface area contributed by atoms with Crippen molar-refractivity contribution in [1.29, 1.82) is 0 Å². The maximum absolute atomic E-state index is 5.30. The number of terminal acetylenes is 1. The number of aromatic nitrogens is 2. The summed E-state index contributed by atoms with van der Waals surface area (Å²) in [5, 5.41) is 4.20. The molecule has 1 unspecified atom stereocenters. The lowest BCUT2D eigenvalue weighted by Gasteiger charge is -1.98. The fourth-order valence-electron chi connectivity index (χ4n) is 1.13. The minimum absolute atomic E-state index is 0.170. The van der Waals surface area contributed by atoms with Crippen LogP contribution in [0.25, 0.3) is 0 Å². The zero-order valence-corrected chi connectivity index (χ0v) is 7.13. The standard InChI is InChI=1S/C9H12N2/c1-5-7(2)9-6-11(4)10-8(9)3/h1,6-7H,2-4H3. The fourth-order valence-corrected chi connectivity index (χ4v) is 1.13. The molecule has 0 aliphatic carbocycles. The maximum atomic E-state index is 5.30. The first kappa shape index (κ1) is 7.87. The van der Waals surface area contributed by atoms with E-state index in [9.17, 15) is 0 Å². The predicted molar refractivity (Wildman–Crippen MR) is 45.2 cm³/mol. The Morgan fingerprint density at radius 2 is 2.36 bits per heavy atom. The zero-order valence-electron chi connectivity index (χ0n) is 7.13. The molecule has 1 rings (SSSR count). The molecule has 0 radical (unpaired) electrons. The van der Waals surface area contributed by atoms with Gasteiger partial charge >= 0.3 is 0 Å². The molecule has 11 heavy (non-hydrogen) atoms. The van der Waals surface area contributed by atoms with E-state index in [1.165, 1.54) is 0 Å². The first-order valence-corrected chi connectivity index (χ1v) is 3.61. The van der Waals surface area contributed by atoms with E-state index in [4.69, 9.17) is 6.42 Å². The minimum Gasteiger partial charge on any atom is -0.275 e. The van der Waals surface area contributed by atoms with Gasteiger partial charge in [-0.3, -0.25) is 4.68 Å². The van der Waals surface area contributed by atoms with E-state index in [0.29, 0.717) is 0 Å². The number of hydrogen-bond donors (Lipinski definition) is 0. The second-order valence-electron chi connectivity index (χ2n) is 2.73. The minimum atomic E-state index is 0.170. The van der Waals surface area contributed by atoms with Gasteiger partial charge in [0.1, 0.15) is 0 Å². The van der Waals surface area contributed by atoms with Gasteiger partial charge in [0, 0.05) is 24.7 Å². The average Bonchev–Trinajstić information content (AvgIpc) is 2.28. The Labute approximate surface area is 67.2 Å². The molecule has 2 heteroatoms. The van der Waals surface area contributed by atoms with Crippen LogP contribution in [0.1, 0.15) is 24.1 Å². The lowest BCUT2D eigenvalue weighted by atomic mass is 10.0. The van der Waals surface area contributed by atoms with Gasteiger partial charge in [0.15, 0.2) is 0 Å². The van der Waals surface area contributed by atoms with Gasteiger partial charge in [-0.2, -0.15) is 5.10 Å². The molecular weight excluding hydrogens is 136 g/mol. The number of nitrogens with zero attached hydrogens (tertiary/aromatic N) is 2. The Hall–Kier alpha value is -1.23. The SMILES string of the molecule is C#CC(C)c1cn(C)nc1C. The van der Waals surface area contributed by atoms with Gasteiger partial charge in [-0.1, -0.05) is 5.92 Å². The number of hydrogen-bond acceptors (Lipinski definition) is 1. The lowest BCUT2D eigenvalue weighted by molar-refractivity contribution is 0.756. The normalized spacial score (nSPS) is 12.5. The Kier molecular flexibility index (Phi) is 2.00. The topological polar surface area (TPSA) is 17.8 Å². The van der Waals surface area contributed by atoms with Crippen LogP contribution in [0.4, 0.5) is 0 Å². The molecule has 0 amide bonds. The van der Waals surface area contributed by atoms with Crippen molar-refractivity contribution in [3.05, 3.63) is 17.5 Å². The molecule has 0 aromatic carbocycles. The first-order valence-electron chi connectivity index (χ1n) is 3.61. The van der Waals surface area contributed by atoms with E-state index in [2.05, 4.69) is 11.0 Å². The van der Waals surface area contributed by atoms with Gasteiger partial charge in [-0.15, -0.1) is 6.42 Å². The molecule has 0 saturated heterocycles. The smallest absolute Gasteiger partial charge is 0.0638 e. The Morgan fingerprint density at radius 3 is 2.73 bits per heavy atom. The van der Waals surface area contributed by atoms with Crippen LogP contribution in [0, 0.1) is 19.3 Å². The van der Waals surface area contributed by atoms with Crippen molar-refractivity contribution in [2.24, 2.45) is 7.05 Å². The van der Waals surface area contributed by atoms with Crippen molar-refractivity contribution in [2.75, 3.05) is 0 Å². The fraction of sp³-hybridized carbons (Fsp3) is 0.444. The summed E-state index contributed by atoms with van der Waals surface area (Å²) in [4.78, 5) is 0. The van der Waals surface area contributed by atoms with Crippen molar-refractivity contribution >= 4 is 0 Å². The summed E-state index contributed by atoms with van der Waals surface area (Å²) in [6.07, 6.45) is 7.27. The van der Waals surface area contributed by atoms with Crippen molar-refractivity contribution in [2.45, 2.75) is 19.8 Å². The predicted octanol–water partition coefficient (Wildman–Crippen LogP) is 1.47. The van der Waals surface area contributed by atoms with Crippen LogP contribution >= 0.6 is 0 Å². The van der Waals surface area contributed by atoms with Crippen molar-refractivity contribution in [3.8, 4) is 12.3 Å². The molecule has 0 fully saturated rings. The molecular formula is C9H12N2. The second-order valence-corrected chi connectivity index (χ2v) is 2.73. The van der Waals surface area contributed by atoms with Crippen molar-refractivity contribution < 1.29 is 0 Å². The first-order chi connectivity index (χ1) is 5.15. The molecule has 1 aromatic rings. The van der Waals surface area contributed by atoms with Crippen LogP contribution < -0.4 is 0 Å². The van der Waals surface area contributed by atoms with Gasteiger partial charge < -0.3 is 0 Å². The summed E-state index contributed by atoms with van der Waals surface area (Å²) in [6.45, 7) is 3.98. The highest BCUT2D eigenvalue weighted by Crippen LogP contribution is 2.16. The lowest BCUT2D eigenvalue weighted by Crippen LogP contribution is -1.88. The highest BCUT2D eigenvalue weighted by atomic mass is 15.2. The van der Waals surface area contributed by atoms with Crippen LogP contribution in [-0.2, 0) is 7.05 Å². The third kappa shape index (κ3) is 1.43. The van der Waals surface area contributed by atoms with E-state index < -0.39 is 0 Å². The zero-order chi connectivity index (χ0) is 8.43. The van der Waals surface area contributed by atoms with Crippen LogP contribution in [0.5, 0.6) is 0 Å². The maximum Gasteiger partial charge on any atom is 0.0638 e. The van der Waals surface area contributed by atoms with E-state index in [-0.39, 0.29) is 5.92 Å². The molecule has 0 bridgehead atoms. The van der Waals surface area contributed by atoms with Crippen molar-refractivity contribution in [3.63, 3.8) is 0 Å². The molecule has 0 aliphatic heterocycles. The molecule has 0 aliphatic rings. The van der Waals surface area contributed by atoms with Crippen LogP contribution in [0.2, 0.25) is 0 Å². The third-order valence-corrected chi connectivity index (χ3v) is 1.77. The van der Waals surface area contributed by atoms with E-state index >= 15 is 0 Å². The summed E-state index contributed by atoms with van der Waals surface area (Å²) < 4.78 is 1.79. The Bertz CT molecular complexity index is 291. The van der Waals surface area contributed by atoms with Crippen LogP contribution in [0.15, 0.2) is 6.20 Å². The van der Waals surface area contributed by atoms with Crippen molar-refractivity contribution in [1.82, 2.24) is 9.78 Å².